The average molecular weight is 337 g/mol. The fourth-order valence-corrected chi connectivity index (χ4v) is 3.61. The van der Waals surface area contributed by atoms with Crippen molar-refractivity contribution in [2.75, 3.05) is 13.2 Å². The van der Waals surface area contributed by atoms with Crippen molar-refractivity contribution in [2.45, 2.75) is 38.1 Å². The van der Waals surface area contributed by atoms with E-state index in [1.54, 1.807) is 24.3 Å². The predicted molar refractivity (Wildman–Crippen MR) is 87.6 cm³/mol. The number of hydrogen-bond donors (Lipinski definition) is 1. The Morgan fingerprint density at radius 1 is 1.30 bits per heavy atom. The summed E-state index contributed by atoms with van der Waals surface area (Å²) in [6.45, 7) is 2.57. The molecule has 2 unspecified atom stereocenters. The quantitative estimate of drug-likeness (QED) is 0.859. The van der Waals surface area contributed by atoms with Gasteiger partial charge in [0.05, 0.1) is 6.54 Å². The maximum Gasteiger partial charge on any atom is 0.325 e. The number of benzene rings is 1. The third-order valence-corrected chi connectivity index (χ3v) is 5.15. The molecule has 0 bridgehead atoms. The molecule has 23 heavy (non-hydrogen) atoms. The van der Waals surface area contributed by atoms with E-state index in [4.69, 9.17) is 16.3 Å². The van der Waals surface area contributed by atoms with E-state index < -0.39 is 5.54 Å². The lowest BCUT2D eigenvalue weighted by atomic mass is 9.73. The molecule has 1 heterocycles. The number of urea groups is 1. The highest BCUT2D eigenvalue weighted by Crippen LogP contribution is 2.38. The van der Waals surface area contributed by atoms with E-state index in [2.05, 4.69) is 5.32 Å². The lowest BCUT2D eigenvalue weighted by Crippen LogP contribution is -2.54. The summed E-state index contributed by atoms with van der Waals surface area (Å²) in [6.07, 6.45) is 3.80. The molecule has 1 aliphatic heterocycles. The van der Waals surface area contributed by atoms with Gasteiger partial charge in [-0.3, -0.25) is 9.69 Å². The second kappa shape index (κ2) is 6.40. The molecule has 1 aromatic carbocycles. The van der Waals surface area contributed by atoms with Crippen molar-refractivity contribution in [3.8, 4) is 5.75 Å². The first kappa shape index (κ1) is 16.1. The van der Waals surface area contributed by atoms with Crippen molar-refractivity contribution >= 4 is 23.5 Å². The van der Waals surface area contributed by atoms with Crippen LogP contribution in [0.1, 0.15) is 32.6 Å². The lowest BCUT2D eigenvalue weighted by Gasteiger charge is -2.36. The molecule has 1 spiro atoms. The van der Waals surface area contributed by atoms with Crippen molar-refractivity contribution in [1.29, 1.82) is 0 Å². The molecule has 1 saturated carbocycles. The average Bonchev–Trinajstić information content (AvgIpc) is 2.77. The van der Waals surface area contributed by atoms with Crippen LogP contribution in [0.25, 0.3) is 0 Å². The highest BCUT2D eigenvalue weighted by Gasteiger charge is 2.54. The number of rotatable bonds is 4. The van der Waals surface area contributed by atoms with Gasteiger partial charge in [-0.1, -0.05) is 31.4 Å². The van der Waals surface area contributed by atoms with Crippen molar-refractivity contribution in [1.82, 2.24) is 10.2 Å². The first-order valence-corrected chi connectivity index (χ1v) is 8.43. The Kier molecular flexibility index (Phi) is 4.48. The Morgan fingerprint density at radius 2 is 2.04 bits per heavy atom. The minimum absolute atomic E-state index is 0.102. The molecule has 1 aromatic rings. The summed E-state index contributed by atoms with van der Waals surface area (Å²) in [5.74, 6) is 0.742. The molecule has 1 aliphatic carbocycles. The number of ether oxygens (including phenoxy) is 1. The second-order valence-electron chi connectivity index (χ2n) is 6.31. The van der Waals surface area contributed by atoms with Gasteiger partial charge in [-0.2, -0.15) is 0 Å². The zero-order valence-electron chi connectivity index (χ0n) is 13.2. The van der Waals surface area contributed by atoms with E-state index in [0.717, 1.165) is 25.7 Å². The fraction of sp³-hybridized carbons (Fsp3) is 0.529. The molecular formula is C17H21ClN2O3. The van der Waals surface area contributed by atoms with Crippen LogP contribution in [0.3, 0.4) is 0 Å². The van der Waals surface area contributed by atoms with Crippen LogP contribution in [0.2, 0.25) is 5.02 Å². The number of carbonyl (C=O) groups is 2. The molecule has 2 aliphatic rings. The standard InChI is InChI=1S/C17H21ClN2O3/c1-12-4-2-3-9-17(12)15(21)20(16(22)19-17)10-11-23-14-7-5-13(18)6-8-14/h5-8,12H,2-4,9-11H2,1H3,(H,19,22). The highest BCUT2D eigenvalue weighted by atomic mass is 35.5. The summed E-state index contributed by atoms with van der Waals surface area (Å²) < 4.78 is 5.59. The Hall–Kier alpha value is -1.75. The van der Waals surface area contributed by atoms with E-state index in [0.29, 0.717) is 10.8 Å². The van der Waals surface area contributed by atoms with Crippen LogP contribution < -0.4 is 10.1 Å². The summed E-state index contributed by atoms with van der Waals surface area (Å²) in [5.41, 5.74) is -0.699. The predicted octanol–water partition coefficient (Wildman–Crippen LogP) is 3.22. The van der Waals surface area contributed by atoms with Crippen LogP contribution in [-0.2, 0) is 4.79 Å². The van der Waals surface area contributed by atoms with Gasteiger partial charge in [0.2, 0.25) is 0 Å². The van der Waals surface area contributed by atoms with E-state index in [-0.39, 0.29) is 31.0 Å². The van der Waals surface area contributed by atoms with Crippen LogP contribution in [0.4, 0.5) is 4.79 Å². The molecule has 3 rings (SSSR count). The summed E-state index contributed by atoms with van der Waals surface area (Å²) >= 11 is 5.82. The summed E-state index contributed by atoms with van der Waals surface area (Å²) in [7, 11) is 0. The number of imide groups is 1. The Balaban J connectivity index is 1.61. The number of hydrogen-bond acceptors (Lipinski definition) is 3. The third-order valence-electron chi connectivity index (χ3n) is 4.90. The van der Waals surface area contributed by atoms with Gasteiger partial charge >= 0.3 is 6.03 Å². The van der Waals surface area contributed by atoms with Crippen molar-refractivity contribution < 1.29 is 14.3 Å². The fourth-order valence-electron chi connectivity index (χ4n) is 3.48. The molecule has 0 aromatic heterocycles. The first-order valence-electron chi connectivity index (χ1n) is 8.05. The molecular weight excluding hydrogens is 316 g/mol. The van der Waals surface area contributed by atoms with Crippen LogP contribution >= 0.6 is 11.6 Å². The smallest absolute Gasteiger partial charge is 0.325 e. The van der Waals surface area contributed by atoms with Crippen LogP contribution in [0.5, 0.6) is 5.75 Å². The zero-order chi connectivity index (χ0) is 16.4. The van der Waals surface area contributed by atoms with Gasteiger partial charge in [-0.05, 0) is 43.0 Å². The van der Waals surface area contributed by atoms with Gasteiger partial charge < -0.3 is 10.1 Å². The van der Waals surface area contributed by atoms with Gasteiger partial charge in [-0.15, -0.1) is 0 Å². The zero-order valence-corrected chi connectivity index (χ0v) is 13.9. The number of nitrogens with zero attached hydrogens (tertiary/aromatic N) is 1. The first-order chi connectivity index (χ1) is 11.0. The topological polar surface area (TPSA) is 58.6 Å². The molecule has 124 valence electrons. The van der Waals surface area contributed by atoms with E-state index in [1.807, 2.05) is 6.92 Å². The van der Waals surface area contributed by atoms with Gasteiger partial charge in [0.15, 0.2) is 0 Å². The maximum atomic E-state index is 12.8. The molecule has 0 radical (unpaired) electrons. The molecule has 2 atom stereocenters. The molecule has 6 heteroatoms. The van der Waals surface area contributed by atoms with Gasteiger partial charge in [0.25, 0.3) is 5.91 Å². The SMILES string of the molecule is CC1CCCCC12NC(=O)N(CCOc1ccc(Cl)cc1)C2=O. The Morgan fingerprint density at radius 3 is 2.74 bits per heavy atom. The van der Waals surface area contributed by atoms with Crippen LogP contribution in [-0.4, -0.2) is 35.5 Å². The molecule has 2 fully saturated rings. The second-order valence-corrected chi connectivity index (χ2v) is 6.74. The normalized spacial score (nSPS) is 27.4. The number of amides is 3. The summed E-state index contributed by atoms with van der Waals surface area (Å²) in [6, 6.07) is 6.70. The van der Waals surface area contributed by atoms with Crippen molar-refractivity contribution in [3.05, 3.63) is 29.3 Å². The van der Waals surface area contributed by atoms with E-state index >= 15 is 0 Å². The summed E-state index contributed by atoms with van der Waals surface area (Å²) in [5, 5.41) is 3.58. The molecule has 1 N–H and O–H groups in total. The highest BCUT2D eigenvalue weighted by molar-refractivity contribution is 6.30. The molecule has 5 nitrogen and oxygen atoms in total. The molecule has 1 saturated heterocycles. The minimum atomic E-state index is -0.699. The number of halogens is 1. The largest absolute Gasteiger partial charge is 0.492 e. The minimum Gasteiger partial charge on any atom is -0.492 e. The van der Waals surface area contributed by atoms with Crippen molar-refractivity contribution in [2.24, 2.45) is 5.92 Å². The Bertz CT molecular complexity index is 604. The Labute approximate surface area is 140 Å². The number of nitrogens with one attached hydrogen (secondary N) is 1. The van der Waals surface area contributed by atoms with E-state index in [1.165, 1.54) is 4.90 Å². The van der Waals surface area contributed by atoms with E-state index in [9.17, 15) is 9.59 Å². The molecule has 3 amide bonds. The number of carbonyl (C=O) groups excluding carboxylic acids is 2. The van der Waals surface area contributed by atoms with Crippen LogP contribution in [0, 0.1) is 5.92 Å². The maximum absolute atomic E-state index is 12.8. The van der Waals surface area contributed by atoms with Gasteiger partial charge in [-0.25, -0.2) is 4.79 Å². The van der Waals surface area contributed by atoms with Gasteiger partial charge in [0, 0.05) is 5.02 Å². The summed E-state index contributed by atoms with van der Waals surface area (Å²) in [4.78, 5) is 26.3. The van der Waals surface area contributed by atoms with Gasteiger partial charge in [0.1, 0.15) is 17.9 Å². The lowest BCUT2D eigenvalue weighted by molar-refractivity contribution is -0.134. The van der Waals surface area contributed by atoms with Crippen molar-refractivity contribution in [3.63, 3.8) is 0 Å². The monoisotopic (exact) mass is 336 g/mol. The third kappa shape index (κ3) is 3.02. The van der Waals surface area contributed by atoms with Crippen LogP contribution in [0.15, 0.2) is 24.3 Å².